The van der Waals surface area contributed by atoms with Gasteiger partial charge >= 0.3 is 0 Å². The van der Waals surface area contributed by atoms with E-state index in [0.29, 0.717) is 48.6 Å². The highest BCUT2D eigenvalue weighted by Crippen LogP contribution is 2.23. The number of carbonyl (C=O) groups excluding carboxylic acids is 1. The van der Waals surface area contributed by atoms with E-state index in [-0.39, 0.29) is 36.3 Å². The van der Waals surface area contributed by atoms with Gasteiger partial charge in [0.05, 0.1) is 30.8 Å². The van der Waals surface area contributed by atoms with Gasteiger partial charge in [0.1, 0.15) is 0 Å². The van der Waals surface area contributed by atoms with Crippen LogP contribution in [0.4, 0.5) is 5.82 Å². The van der Waals surface area contributed by atoms with Crippen LogP contribution in [0, 0.1) is 0 Å². The van der Waals surface area contributed by atoms with Gasteiger partial charge in [-0.25, -0.2) is 0 Å². The minimum absolute atomic E-state index is 0.174. The number of hydrogen-bond acceptors (Lipinski definition) is 6. The first-order chi connectivity index (χ1) is 14.4. The van der Waals surface area contributed by atoms with Crippen LogP contribution < -0.4 is 5.32 Å². The summed E-state index contributed by atoms with van der Waals surface area (Å²) in [7, 11) is 0. The maximum Gasteiger partial charge on any atom is 0.239 e. The second-order valence-electron chi connectivity index (χ2n) is 5.90. The number of rotatable bonds is 4. The van der Waals surface area contributed by atoms with Crippen molar-refractivity contribution in [3.05, 3.63) is 48.7 Å². The van der Waals surface area contributed by atoms with Crippen LogP contribution in [0.15, 0.2) is 48.7 Å². The van der Waals surface area contributed by atoms with E-state index in [0.717, 1.165) is 0 Å². The summed E-state index contributed by atoms with van der Waals surface area (Å²) in [6.45, 7) is 2.86. The Balaban J connectivity index is 1.60. The van der Waals surface area contributed by atoms with Crippen molar-refractivity contribution in [2.24, 2.45) is 0 Å². The predicted molar refractivity (Wildman–Crippen MR) is 98.7 cm³/mol. The van der Waals surface area contributed by atoms with Crippen LogP contribution >= 0.6 is 0 Å². The largest absolute Gasteiger partial charge is 0.379 e. The fourth-order valence-corrected chi connectivity index (χ4v) is 2.77. The summed E-state index contributed by atoms with van der Waals surface area (Å²) in [6, 6.07) is 6.19. The molecule has 4 rings (SSSR count). The Kier molecular flexibility index (Phi) is 3.62. The molecule has 0 atom stereocenters. The zero-order valence-corrected chi connectivity index (χ0v) is 14.0. The number of amides is 1. The molecular weight excluding hydrogens is 330 g/mol. The highest BCUT2D eigenvalue weighted by atomic mass is 16.5. The van der Waals surface area contributed by atoms with Crippen molar-refractivity contribution in [2.45, 2.75) is 0 Å². The first kappa shape index (κ1) is 12.5. The summed E-state index contributed by atoms with van der Waals surface area (Å²) < 4.78 is 36.8. The first-order valence-corrected chi connectivity index (χ1v) is 8.24. The maximum atomic E-state index is 12.3. The Hall–Kier alpha value is -2.90. The molecule has 1 amide bonds. The summed E-state index contributed by atoms with van der Waals surface area (Å²) in [5, 5.41) is 11.6. The van der Waals surface area contributed by atoms with E-state index < -0.39 is 6.17 Å². The lowest BCUT2D eigenvalue weighted by Gasteiger charge is -2.25. The van der Waals surface area contributed by atoms with Crippen molar-refractivity contribution in [3.63, 3.8) is 0 Å². The standard InChI is InChI=1S/C19H19N5O2/c25-19(13-24-6-8-26-9-7-24)21-18-11-16-10-14(3-4-17(16)22-23-18)15-2-1-5-20-12-15/h1-5,10-12H,6-9,13H2,(H,21,23,25)/i1D,2D,5D,12D. The number of aromatic nitrogens is 3. The smallest absolute Gasteiger partial charge is 0.239 e. The molecule has 0 saturated carbocycles. The molecule has 0 radical (unpaired) electrons. The number of fused-ring (bicyclic) bond motifs is 1. The Morgan fingerprint density at radius 2 is 2.12 bits per heavy atom. The molecule has 3 heterocycles. The van der Waals surface area contributed by atoms with Gasteiger partial charge in [-0.15, -0.1) is 10.2 Å². The maximum absolute atomic E-state index is 12.3. The highest BCUT2D eigenvalue weighted by molar-refractivity contribution is 5.93. The van der Waals surface area contributed by atoms with Crippen LogP contribution in [-0.4, -0.2) is 58.8 Å². The second kappa shape index (κ2) is 7.55. The van der Waals surface area contributed by atoms with E-state index in [9.17, 15) is 4.79 Å². The van der Waals surface area contributed by atoms with Crippen LogP contribution in [0.3, 0.4) is 0 Å². The van der Waals surface area contributed by atoms with Crippen molar-refractivity contribution in [1.29, 1.82) is 0 Å². The summed E-state index contributed by atoms with van der Waals surface area (Å²) >= 11 is 0. The lowest BCUT2D eigenvalue weighted by atomic mass is 10.1. The fraction of sp³-hybridized carbons (Fsp3) is 0.263. The van der Waals surface area contributed by atoms with Crippen molar-refractivity contribution in [3.8, 4) is 11.1 Å². The number of anilines is 1. The topological polar surface area (TPSA) is 80.2 Å². The number of morpholine rings is 1. The number of ether oxygens (including phenoxy) is 1. The molecule has 0 spiro atoms. The summed E-state index contributed by atoms with van der Waals surface area (Å²) in [5.41, 5.74) is 1.27. The van der Waals surface area contributed by atoms with Crippen molar-refractivity contribution >= 4 is 22.6 Å². The zero-order chi connectivity index (χ0) is 21.3. The van der Waals surface area contributed by atoms with Crippen LogP contribution in [0.5, 0.6) is 0 Å². The van der Waals surface area contributed by atoms with Crippen molar-refractivity contribution in [2.75, 3.05) is 38.2 Å². The number of benzene rings is 1. The Morgan fingerprint density at radius 1 is 1.23 bits per heavy atom. The summed E-state index contributed by atoms with van der Waals surface area (Å²) in [6.07, 6.45) is -0.632. The SMILES string of the molecule is [2H]c1nc([2H])c(-c2ccc3nnc(NC(=O)CN4CCOCC4)cc3c2)c([2H])c1[2H]. The molecule has 26 heavy (non-hydrogen) atoms. The number of nitrogens with one attached hydrogen (secondary N) is 1. The van der Waals surface area contributed by atoms with Gasteiger partial charge in [0.15, 0.2) is 5.82 Å². The molecule has 2 aromatic heterocycles. The van der Waals surface area contributed by atoms with E-state index in [1.807, 2.05) is 4.90 Å². The molecule has 1 aromatic carbocycles. The zero-order valence-electron chi connectivity index (χ0n) is 18.0. The molecule has 1 fully saturated rings. The third-order valence-electron chi connectivity index (χ3n) is 4.08. The Morgan fingerprint density at radius 3 is 3.00 bits per heavy atom. The molecule has 0 aliphatic carbocycles. The lowest BCUT2D eigenvalue weighted by Crippen LogP contribution is -2.41. The normalized spacial score (nSPS) is 17.2. The van der Waals surface area contributed by atoms with Crippen molar-refractivity contribution in [1.82, 2.24) is 20.1 Å². The van der Waals surface area contributed by atoms with Crippen molar-refractivity contribution < 1.29 is 15.0 Å². The number of pyridine rings is 1. The number of nitrogens with zero attached hydrogens (tertiary/aromatic N) is 4. The molecule has 3 aromatic rings. The molecule has 0 bridgehead atoms. The van der Waals surface area contributed by atoms with Gasteiger partial charge in [0.25, 0.3) is 0 Å². The lowest BCUT2D eigenvalue weighted by molar-refractivity contribution is -0.118. The molecular formula is C19H19N5O2. The average molecular weight is 353 g/mol. The van der Waals surface area contributed by atoms with Gasteiger partial charge in [-0.2, -0.15) is 0 Å². The Bertz CT molecular complexity index is 1120. The Labute approximate surface area is 156 Å². The second-order valence-corrected chi connectivity index (χ2v) is 5.90. The fourth-order valence-electron chi connectivity index (χ4n) is 2.77. The van der Waals surface area contributed by atoms with Crippen LogP contribution in [0.1, 0.15) is 5.48 Å². The van der Waals surface area contributed by atoms with E-state index in [2.05, 4.69) is 20.5 Å². The van der Waals surface area contributed by atoms with E-state index in [1.165, 1.54) is 0 Å². The number of hydrogen-bond donors (Lipinski definition) is 1. The highest BCUT2D eigenvalue weighted by Gasteiger charge is 2.14. The molecule has 132 valence electrons. The average Bonchev–Trinajstić information content (AvgIpc) is 2.72. The van der Waals surface area contributed by atoms with Gasteiger partial charge in [0.2, 0.25) is 5.91 Å². The van der Waals surface area contributed by atoms with Gasteiger partial charge < -0.3 is 10.1 Å². The third kappa shape index (κ3) is 3.84. The molecule has 1 aliphatic rings. The van der Waals surface area contributed by atoms with E-state index in [1.54, 1.807) is 24.3 Å². The quantitative estimate of drug-likeness (QED) is 0.772. The van der Waals surface area contributed by atoms with Gasteiger partial charge in [-0.1, -0.05) is 12.1 Å². The first-order valence-electron chi connectivity index (χ1n) is 10.2. The van der Waals surface area contributed by atoms with Gasteiger partial charge in [-0.05, 0) is 29.8 Å². The minimum atomic E-state index is -0.398. The molecule has 1 saturated heterocycles. The van der Waals surface area contributed by atoms with E-state index >= 15 is 0 Å². The molecule has 7 nitrogen and oxygen atoms in total. The van der Waals surface area contributed by atoms with Crippen LogP contribution in [0.25, 0.3) is 22.0 Å². The molecule has 1 aliphatic heterocycles. The molecule has 1 N–H and O–H groups in total. The van der Waals surface area contributed by atoms with Crippen LogP contribution in [0.2, 0.25) is 0 Å². The minimum Gasteiger partial charge on any atom is -0.379 e. The van der Waals surface area contributed by atoms with Gasteiger partial charge in [-0.3, -0.25) is 14.7 Å². The summed E-state index contributed by atoms with van der Waals surface area (Å²) in [4.78, 5) is 18.0. The third-order valence-corrected chi connectivity index (χ3v) is 4.08. The van der Waals surface area contributed by atoms with Gasteiger partial charge in [0, 0.05) is 36.4 Å². The van der Waals surface area contributed by atoms with E-state index in [4.69, 9.17) is 10.2 Å². The number of carbonyl (C=O) groups is 1. The predicted octanol–water partition coefficient (Wildman–Crippen LogP) is 1.96. The molecule has 7 heteroatoms. The summed E-state index contributed by atoms with van der Waals surface area (Å²) in [5.74, 6) is 0.105. The monoisotopic (exact) mass is 353 g/mol. The molecule has 0 unspecified atom stereocenters. The van der Waals surface area contributed by atoms with Crippen LogP contribution in [-0.2, 0) is 9.53 Å².